The fourth-order valence-electron chi connectivity index (χ4n) is 3.39. The van der Waals surface area contributed by atoms with Crippen LogP contribution < -0.4 is 0 Å². The minimum atomic E-state index is -0.124. The molecule has 1 aliphatic heterocycles. The monoisotopic (exact) mass is 284 g/mol. The van der Waals surface area contributed by atoms with Gasteiger partial charge < -0.3 is 0 Å². The zero-order chi connectivity index (χ0) is 14.7. The minimum Gasteiger partial charge on any atom is -0.274 e. The molecule has 1 aliphatic carbocycles. The van der Waals surface area contributed by atoms with Gasteiger partial charge in [0.1, 0.15) is 0 Å². The number of carbonyl (C=O) groups is 2. The molecule has 0 N–H and O–H groups in total. The summed E-state index contributed by atoms with van der Waals surface area (Å²) in [5.74, 6) is 1.44. The zero-order valence-electron chi connectivity index (χ0n) is 12.4. The van der Waals surface area contributed by atoms with Crippen molar-refractivity contribution in [1.82, 2.24) is 4.90 Å². The smallest absolute Gasteiger partial charge is 0.261 e. The second-order valence-corrected chi connectivity index (χ2v) is 6.08. The molecule has 0 bridgehead atoms. The van der Waals surface area contributed by atoms with Gasteiger partial charge in [-0.05, 0) is 43.7 Å². The Bertz CT molecular complexity index is 497. The van der Waals surface area contributed by atoms with E-state index in [1.165, 1.54) is 43.4 Å². The molecule has 1 aromatic carbocycles. The fraction of sp³-hybridized carbons (Fsp3) is 0.500. The summed E-state index contributed by atoms with van der Waals surface area (Å²) in [6.07, 6.45) is 9.79. The van der Waals surface area contributed by atoms with Gasteiger partial charge in [0, 0.05) is 6.54 Å². The van der Waals surface area contributed by atoms with Gasteiger partial charge in [-0.1, -0.05) is 37.8 Å². The molecular formula is C18H22NO2. The lowest BCUT2D eigenvalue weighted by atomic mass is 9.86. The Morgan fingerprint density at radius 1 is 0.857 bits per heavy atom. The summed E-state index contributed by atoms with van der Waals surface area (Å²) in [7, 11) is 0. The molecule has 1 heterocycles. The van der Waals surface area contributed by atoms with Gasteiger partial charge in [-0.2, -0.15) is 0 Å². The van der Waals surface area contributed by atoms with E-state index < -0.39 is 0 Å². The van der Waals surface area contributed by atoms with E-state index in [0.29, 0.717) is 17.7 Å². The van der Waals surface area contributed by atoms with Crippen molar-refractivity contribution in [3.8, 4) is 0 Å². The van der Waals surface area contributed by atoms with Crippen molar-refractivity contribution in [3.05, 3.63) is 41.3 Å². The number of fused-ring (bicyclic) bond motifs is 1. The number of amides is 2. The van der Waals surface area contributed by atoms with Gasteiger partial charge in [-0.15, -0.1) is 0 Å². The third-order valence-electron chi connectivity index (χ3n) is 4.60. The average molecular weight is 284 g/mol. The average Bonchev–Trinajstić information content (AvgIpc) is 2.77. The summed E-state index contributed by atoms with van der Waals surface area (Å²) in [6, 6.07) is 7.11. The minimum absolute atomic E-state index is 0.124. The van der Waals surface area contributed by atoms with Crippen molar-refractivity contribution in [2.45, 2.75) is 51.4 Å². The van der Waals surface area contributed by atoms with E-state index in [0.717, 1.165) is 12.8 Å². The third-order valence-corrected chi connectivity index (χ3v) is 4.60. The maximum Gasteiger partial charge on any atom is 0.261 e. The van der Waals surface area contributed by atoms with Crippen LogP contribution >= 0.6 is 0 Å². The van der Waals surface area contributed by atoms with E-state index in [1.807, 2.05) is 12.1 Å². The van der Waals surface area contributed by atoms with Crippen LogP contribution in [0.2, 0.25) is 0 Å². The molecule has 21 heavy (non-hydrogen) atoms. The van der Waals surface area contributed by atoms with Crippen LogP contribution in [-0.2, 0) is 0 Å². The topological polar surface area (TPSA) is 37.4 Å². The van der Waals surface area contributed by atoms with Crippen LogP contribution in [0.15, 0.2) is 24.3 Å². The first-order valence-corrected chi connectivity index (χ1v) is 8.06. The van der Waals surface area contributed by atoms with E-state index in [-0.39, 0.29) is 11.8 Å². The van der Waals surface area contributed by atoms with Crippen LogP contribution in [0.5, 0.6) is 0 Å². The van der Waals surface area contributed by atoms with Gasteiger partial charge in [-0.3, -0.25) is 14.5 Å². The van der Waals surface area contributed by atoms with Crippen LogP contribution in [0.4, 0.5) is 0 Å². The highest BCUT2D eigenvalue weighted by Gasteiger charge is 2.34. The number of benzene rings is 1. The normalized spacial score (nSPS) is 19.1. The SMILES string of the molecule is O=C1c2ccccc2C(=O)N1CCCC[C]1CCCCC1. The molecule has 3 heteroatoms. The molecule has 2 aliphatic rings. The zero-order valence-corrected chi connectivity index (χ0v) is 12.4. The molecule has 3 rings (SSSR count). The lowest BCUT2D eigenvalue weighted by molar-refractivity contribution is 0.0651. The van der Waals surface area contributed by atoms with Gasteiger partial charge in [-0.25, -0.2) is 0 Å². The largest absolute Gasteiger partial charge is 0.274 e. The van der Waals surface area contributed by atoms with Crippen molar-refractivity contribution in [1.29, 1.82) is 0 Å². The van der Waals surface area contributed by atoms with Crippen LogP contribution in [0, 0.1) is 5.92 Å². The van der Waals surface area contributed by atoms with Crippen molar-refractivity contribution in [2.75, 3.05) is 6.54 Å². The van der Waals surface area contributed by atoms with Crippen LogP contribution in [0.3, 0.4) is 0 Å². The Morgan fingerprint density at radius 2 is 1.48 bits per heavy atom. The molecule has 1 fully saturated rings. The predicted octanol–water partition coefficient (Wildman–Crippen LogP) is 3.99. The summed E-state index contributed by atoms with van der Waals surface area (Å²) >= 11 is 0. The van der Waals surface area contributed by atoms with Crippen molar-refractivity contribution in [3.63, 3.8) is 0 Å². The summed E-state index contributed by atoms with van der Waals surface area (Å²) in [4.78, 5) is 25.8. The Balaban J connectivity index is 1.48. The van der Waals surface area contributed by atoms with Gasteiger partial charge in [0.15, 0.2) is 0 Å². The number of hydrogen-bond acceptors (Lipinski definition) is 2. The molecule has 0 aromatic heterocycles. The molecule has 1 saturated carbocycles. The predicted molar refractivity (Wildman–Crippen MR) is 82.0 cm³/mol. The first-order chi connectivity index (χ1) is 10.3. The molecular weight excluding hydrogens is 262 g/mol. The van der Waals surface area contributed by atoms with Gasteiger partial charge in [0.25, 0.3) is 11.8 Å². The summed E-state index contributed by atoms with van der Waals surface area (Å²) in [5, 5.41) is 0. The molecule has 3 nitrogen and oxygen atoms in total. The van der Waals surface area contributed by atoms with Gasteiger partial charge in [0.2, 0.25) is 0 Å². The van der Waals surface area contributed by atoms with Gasteiger partial charge >= 0.3 is 0 Å². The molecule has 1 radical (unpaired) electrons. The second-order valence-electron chi connectivity index (χ2n) is 6.08. The Kier molecular flexibility index (Phi) is 4.37. The van der Waals surface area contributed by atoms with E-state index in [1.54, 1.807) is 18.1 Å². The molecule has 0 unspecified atom stereocenters. The van der Waals surface area contributed by atoms with Crippen molar-refractivity contribution in [2.24, 2.45) is 0 Å². The second kappa shape index (κ2) is 6.42. The highest BCUT2D eigenvalue weighted by molar-refractivity contribution is 6.21. The Labute approximate surface area is 126 Å². The molecule has 111 valence electrons. The van der Waals surface area contributed by atoms with E-state index in [2.05, 4.69) is 0 Å². The first kappa shape index (κ1) is 14.3. The lowest BCUT2D eigenvalue weighted by Crippen LogP contribution is -2.30. The standard InChI is InChI=1S/C18H22NO2/c20-17-15-11-4-5-12-16(15)18(21)19(17)13-7-6-10-14-8-2-1-3-9-14/h4-5,11-12H,1-3,6-10,13H2. The number of unbranched alkanes of at least 4 members (excludes halogenated alkanes) is 1. The number of carbonyl (C=O) groups excluding carboxylic acids is 2. The lowest BCUT2D eigenvalue weighted by Gasteiger charge is -2.21. The van der Waals surface area contributed by atoms with Crippen molar-refractivity contribution < 1.29 is 9.59 Å². The highest BCUT2D eigenvalue weighted by atomic mass is 16.2. The van der Waals surface area contributed by atoms with Crippen molar-refractivity contribution >= 4 is 11.8 Å². The van der Waals surface area contributed by atoms with E-state index >= 15 is 0 Å². The molecule has 2 amide bonds. The van der Waals surface area contributed by atoms with E-state index in [9.17, 15) is 9.59 Å². The maximum atomic E-state index is 12.2. The molecule has 0 spiro atoms. The quantitative estimate of drug-likeness (QED) is 0.605. The number of hydrogen-bond donors (Lipinski definition) is 0. The molecule has 1 aromatic rings. The number of rotatable bonds is 5. The summed E-state index contributed by atoms with van der Waals surface area (Å²) < 4.78 is 0. The summed E-state index contributed by atoms with van der Waals surface area (Å²) in [6.45, 7) is 0.555. The summed E-state index contributed by atoms with van der Waals surface area (Å²) in [5.41, 5.74) is 1.12. The van der Waals surface area contributed by atoms with Crippen LogP contribution in [-0.4, -0.2) is 23.3 Å². The van der Waals surface area contributed by atoms with Crippen LogP contribution in [0.1, 0.15) is 72.1 Å². The first-order valence-electron chi connectivity index (χ1n) is 8.06. The maximum absolute atomic E-state index is 12.2. The number of nitrogens with zero attached hydrogens (tertiary/aromatic N) is 1. The fourth-order valence-corrected chi connectivity index (χ4v) is 3.39. The Morgan fingerprint density at radius 3 is 2.10 bits per heavy atom. The van der Waals surface area contributed by atoms with Gasteiger partial charge in [0.05, 0.1) is 11.1 Å². The molecule has 0 saturated heterocycles. The highest BCUT2D eigenvalue weighted by Crippen LogP contribution is 2.30. The molecule has 0 atom stereocenters. The number of imide groups is 1. The third kappa shape index (κ3) is 3.02. The Hall–Kier alpha value is -1.64. The van der Waals surface area contributed by atoms with Crippen LogP contribution in [0.25, 0.3) is 0 Å². The van der Waals surface area contributed by atoms with E-state index in [4.69, 9.17) is 0 Å².